The van der Waals surface area contributed by atoms with Gasteiger partial charge in [-0.05, 0) is 26.0 Å². The molecule has 0 spiro atoms. The summed E-state index contributed by atoms with van der Waals surface area (Å²) >= 11 is 0. The van der Waals surface area contributed by atoms with Crippen LogP contribution in [0.25, 0.3) is 0 Å². The fourth-order valence-electron chi connectivity index (χ4n) is 1.73. The Morgan fingerprint density at radius 2 is 1.70 bits per heavy atom. The molecule has 0 unspecified atom stereocenters. The van der Waals surface area contributed by atoms with Gasteiger partial charge in [-0.1, -0.05) is 17.7 Å². The molecule has 2 rings (SSSR count). The predicted molar refractivity (Wildman–Crippen MR) is 76.5 cm³/mol. The lowest BCUT2D eigenvalue weighted by Crippen LogP contribution is -2.11. The third-order valence-electron chi connectivity index (χ3n) is 2.83. The molecule has 4 heteroatoms. The van der Waals surface area contributed by atoms with E-state index in [9.17, 15) is 4.79 Å². The molecule has 0 amide bonds. The third kappa shape index (κ3) is 3.88. The molecular weight excluding hydrogens is 256 g/mol. The number of hydrogen-bond acceptors (Lipinski definition) is 4. The third-order valence-corrected chi connectivity index (χ3v) is 2.83. The maximum atomic E-state index is 11.5. The number of hydrogen-bond donors (Lipinski definition) is 0. The zero-order chi connectivity index (χ0) is 14.4. The Kier molecular flexibility index (Phi) is 4.82. The molecule has 0 N–H and O–H groups in total. The van der Waals surface area contributed by atoms with Crippen molar-refractivity contribution in [1.82, 2.24) is 0 Å². The van der Waals surface area contributed by atoms with Crippen molar-refractivity contribution in [2.45, 2.75) is 20.3 Å². The van der Waals surface area contributed by atoms with E-state index in [-0.39, 0.29) is 11.2 Å². The first-order valence-corrected chi connectivity index (χ1v) is 6.57. The zero-order valence-corrected chi connectivity index (χ0v) is 11.7. The molecule has 4 nitrogen and oxygen atoms in total. The molecule has 20 heavy (non-hydrogen) atoms. The summed E-state index contributed by atoms with van der Waals surface area (Å²) in [5.41, 5.74) is 1.04. The van der Waals surface area contributed by atoms with Gasteiger partial charge in [-0.2, -0.15) is 0 Å². The summed E-state index contributed by atoms with van der Waals surface area (Å²) < 4.78 is 16.1. The number of rotatable bonds is 6. The van der Waals surface area contributed by atoms with Crippen LogP contribution in [0.15, 0.2) is 45.8 Å². The van der Waals surface area contributed by atoms with Gasteiger partial charge in [0.15, 0.2) is 0 Å². The average molecular weight is 274 g/mol. The van der Waals surface area contributed by atoms with Gasteiger partial charge in [0.25, 0.3) is 0 Å². The highest BCUT2D eigenvalue weighted by molar-refractivity contribution is 5.26. The summed E-state index contributed by atoms with van der Waals surface area (Å²) in [6, 6.07) is 9.23. The van der Waals surface area contributed by atoms with Gasteiger partial charge in [-0.25, -0.2) is 0 Å². The highest BCUT2D eigenvalue weighted by Crippen LogP contribution is 2.13. The first-order valence-electron chi connectivity index (χ1n) is 6.57. The molecule has 0 saturated heterocycles. The van der Waals surface area contributed by atoms with E-state index >= 15 is 0 Å². The van der Waals surface area contributed by atoms with E-state index in [0.717, 1.165) is 5.75 Å². The van der Waals surface area contributed by atoms with Gasteiger partial charge >= 0.3 is 0 Å². The topological polar surface area (TPSA) is 48.7 Å². The second-order valence-electron chi connectivity index (χ2n) is 4.53. The molecule has 1 heterocycles. The Balaban J connectivity index is 1.74. The van der Waals surface area contributed by atoms with Crippen molar-refractivity contribution in [3.8, 4) is 11.5 Å². The maximum absolute atomic E-state index is 11.5. The van der Waals surface area contributed by atoms with Crippen LogP contribution in [0.4, 0.5) is 0 Å². The van der Waals surface area contributed by atoms with Crippen LogP contribution in [0.1, 0.15) is 17.7 Å². The standard InChI is InChI=1S/C16H18O4/c1-12-4-6-14(7-5-12)19-9-3-10-20-16-13(2)18-11-8-15(16)17/h4-8,11H,3,9-10H2,1-2H3. The summed E-state index contributed by atoms with van der Waals surface area (Å²) in [5.74, 6) is 1.62. The van der Waals surface area contributed by atoms with Crippen molar-refractivity contribution in [2.75, 3.05) is 13.2 Å². The SMILES string of the molecule is Cc1ccc(OCCCOc2c(C)occc2=O)cc1. The van der Waals surface area contributed by atoms with E-state index in [2.05, 4.69) is 0 Å². The first kappa shape index (κ1) is 14.2. The first-order chi connectivity index (χ1) is 9.66. The fraction of sp³-hybridized carbons (Fsp3) is 0.312. The van der Waals surface area contributed by atoms with E-state index in [4.69, 9.17) is 13.9 Å². The van der Waals surface area contributed by atoms with Gasteiger partial charge in [-0.3, -0.25) is 4.79 Å². The average Bonchev–Trinajstić information content (AvgIpc) is 2.43. The molecule has 0 aliphatic carbocycles. The quantitative estimate of drug-likeness (QED) is 0.759. The highest BCUT2D eigenvalue weighted by Gasteiger charge is 2.05. The number of ether oxygens (including phenoxy) is 2. The van der Waals surface area contributed by atoms with Crippen molar-refractivity contribution in [2.24, 2.45) is 0 Å². The lowest BCUT2D eigenvalue weighted by atomic mass is 10.2. The van der Waals surface area contributed by atoms with Crippen molar-refractivity contribution in [3.63, 3.8) is 0 Å². The second-order valence-corrected chi connectivity index (χ2v) is 4.53. The molecule has 0 atom stereocenters. The Labute approximate surface area is 118 Å². The Hall–Kier alpha value is -2.23. The summed E-state index contributed by atoms with van der Waals surface area (Å²) in [6.45, 7) is 4.70. The molecule has 0 aliphatic rings. The highest BCUT2D eigenvalue weighted by atomic mass is 16.5. The van der Waals surface area contributed by atoms with Gasteiger partial charge < -0.3 is 13.9 Å². The fourth-order valence-corrected chi connectivity index (χ4v) is 1.73. The van der Waals surface area contributed by atoms with Gasteiger partial charge in [0, 0.05) is 12.5 Å². The smallest absolute Gasteiger partial charge is 0.226 e. The largest absolute Gasteiger partial charge is 0.493 e. The lowest BCUT2D eigenvalue weighted by Gasteiger charge is -2.08. The van der Waals surface area contributed by atoms with Crippen LogP contribution >= 0.6 is 0 Å². The van der Waals surface area contributed by atoms with Gasteiger partial charge in [0.05, 0.1) is 19.5 Å². The van der Waals surface area contributed by atoms with Gasteiger partial charge in [0.1, 0.15) is 11.5 Å². The van der Waals surface area contributed by atoms with E-state index in [1.807, 2.05) is 31.2 Å². The van der Waals surface area contributed by atoms with Crippen molar-refractivity contribution < 1.29 is 13.9 Å². The lowest BCUT2D eigenvalue weighted by molar-refractivity contribution is 0.240. The molecule has 0 fully saturated rings. The Bertz CT molecular complexity index is 599. The van der Waals surface area contributed by atoms with Gasteiger partial charge in [-0.15, -0.1) is 0 Å². The maximum Gasteiger partial charge on any atom is 0.226 e. The molecule has 0 bridgehead atoms. The van der Waals surface area contributed by atoms with E-state index < -0.39 is 0 Å². The van der Waals surface area contributed by atoms with Crippen LogP contribution in [0.2, 0.25) is 0 Å². The van der Waals surface area contributed by atoms with Crippen LogP contribution in [-0.4, -0.2) is 13.2 Å². The minimum Gasteiger partial charge on any atom is -0.493 e. The van der Waals surface area contributed by atoms with E-state index in [1.165, 1.54) is 17.9 Å². The van der Waals surface area contributed by atoms with E-state index in [0.29, 0.717) is 25.4 Å². The molecule has 1 aromatic heterocycles. The van der Waals surface area contributed by atoms with Crippen molar-refractivity contribution in [3.05, 3.63) is 58.1 Å². The molecule has 0 saturated carbocycles. The summed E-state index contributed by atoms with van der Waals surface area (Å²) in [4.78, 5) is 11.5. The Morgan fingerprint density at radius 3 is 2.40 bits per heavy atom. The van der Waals surface area contributed by atoms with Crippen LogP contribution in [0.5, 0.6) is 11.5 Å². The summed E-state index contributed by atoms with van der Waals surface area (Å²) in [6.07, 6.45) is 2.06. The minimum atomic E-state index is -0.159. The van der Waals surface area contributed by atoms with E-state index in [1.54, 1.807) is 6.92 Å². The molecule has 2 aromatic rings. The summed E-state index contributed by atoms with van der Waals surface area (Å²) in [5, 5.41) is 0. The Morgan fingerprint density at radius 1 is 1.00 bits per heavy atom. The minimum absolute atomic E-state index is 0.159. The second kappa shape index (κ2) is 6.80. The van der Waals surface area contributed by atoms with Crippen LogP contribution in [-0.2, 0) is 0 Å². The molecule has 0 aliphatic heterocycles. The summed E-state index contributed by atoms with van der Waals surface area (Å²) in [7, 11) is 0. The molecule has 106 valence electrons. The predicted octanol–water partition coefficient (Wildman–Crippen LogP) is 3.10. The van der Waals surface area contributed by atoms with Gasteiger partial charge in [0.2, 0.25) is 11.2 Å². The zero-order valence-electron chi connectivity index (χ0n) is 11.7. The molecule has 0 radical (unpaired) electrons. The number of benzene rings is 1. The van der Waals surface area contributed by atoms with Crippen LogP contribution < -0.4 is 14.9 Å². The molecular formula is C16H18O4. The van der Waals surface area contributed by atoms with Crippen LogP contribution in [0, 0.1) is 13.8 Å². The van der Waals surface area contributed by atoms with Crippen molar-refractivity contribution in [1.29, 1.82) is 0 Å². The monoisotopic (exact) mass is 274 g/mol. The van der Waals surface area contributed by atoms with Crippen molar-refractivity contribution >= 4 is 0 Å². The normalized spacial score (nSPS) is 10.3. The van der Waals surface area contributed by atoms with Crippen LogP contribution in [0.3, 0.4) is 0 Å². The molecule has 1 aromatic carbocycles. The number of aryl methyl sites for hydroxylation is 2.